The molecule has 2 fully saturated rings. The lowest BCUT2D eigenvalue weighted by Gasteiger charge is -2.44. The molecule has 7 nitrogen and oxygen atoms in total. The van der Waals surface area contributed by atoms with Crippen LogP contribution in [0, 0.1) is 23.7 Å². The van der Waals surface area contributed by atoms with Crippen molar-refractivity contribution in [1.29, 1.82) is 5.26 Å². The van der Waals surface area contributed by atoms with Crippen LogP contribution in [0.2, 0.25) is 5.02 Å². The molecule has 2 atom stereocenters. The van der Waals surface area contributed by atoms with Gasteiger partial charge in [0.1, 0.15) is 5.60 Å². The first-order valence-electron chi connectivity index (χ1n) is 11.1. The monoisotopic (exact) mass is 464 g/mol. The Balaban J connectivity index is 1.43. The minimum Gasteiger partial charge on any atom is -0.441 e. The highest BCUT2D eigenvalue weighted by atomic mass is 35.5. The van der Waals surface area contributed by atoms with Crippen molar-refractivity contribution in [2.75, 3.05) is 18.1 Å². The van der Waals surface area contributed by atoms with E-state index in [1.54, 1.807) is 17.3 Å². The first kappa shape index (κ1) is 21.7. The van der Waals surface area contributed by atoms with Gasteiger partial charge in [-0.2, -0.15) is 5.26 Å². The molecule has 0 unspecified atom stereocenters. The summed E-state index contributed by atoms with van der Waals surface area (Å²) in [5.41, 5.74) is 2.75. The molecule has 1 aliphatic heterocycles. The molecule has 3 aromatic rings. The first-order chi connectivity index (χ1) is 15.9. The van der Waals surface area contributed by atoms with Gasteiger partial charge >= 0.3 is 6.09 Å². The van der Waals surface area contributed by atoms with Crippen molar-refractivity contribution in [2.24, 2.45) is 5.41 Å². The van der Waals surface area contributed by atoms with E-state index >= 15 is 0 Å². The maximum atomic E-state index is 12.9. The Kier molecular flexibility index (Phi) is 5.31. The summed E-state index contributed by atoms with van der Waals surface area (Å²) in [7, 11) is 0. The Hall–Kier alpha value is -3.08. The van der Waals surface area contributed by atoms with Crippen LogP contribution in [0.4, 0.5) is 10.5 Å². The number of amides is 1. The summed E-state index contributed by atoms with van der Waals surface area (Å²) in [4.78, 5) is 19.0. The van der Waals surface area contributed by atoms with Gasteiger partial charge in [0, 0.05) is 12.0 Å². The van der Waals surface area contributed by atoms with Crippen LogP contribution in [0.15, 0.2) is 42.7 Å². The molecule has 1 spiro atoms. The molecule has 2 aromatic carbocycles. The predicted molar refractivity (Wildman–Crippen MR) is 125 cm³/mol. The van der Waals surface area contributed by atoms with Gasteiger partial charge in [0.2, 0.25) is 0 Å². The van der Waals surface area contributed by atoms with Gasteiger partial charge in [0.15, 0.2) is 0 Å². The number of ether oxygens (including phenoxy) is 1. The Morgan fingerprint density at radius 1 is 1.27 bits per heavy atom. The summed E-state index contributed by atoms with van der Waals surface area (Å²) in [5, 5.41) is 20.3. The van der Waals surface area contributed by atoms with Crippen molar-refractivity contribution < 1.29 is 14.6 Å². The molecule has 8 heteroatoms. The normalized spacial score (nSPS) is 24.9. The summed E-state index contributed by atoms with van der Waals surface area (Å²) < 4.78 is 7.99. The van der Waals surface area contributed by atoms with E-state index in [4.69, 9.17) is 16.3 Å². The molecule has 1 saturated heterocycles. The number of aliphatic hydroxyl groups excluding tert-OH is 1. The van der Waals surface area contributed by atoms with Gasteiger partial charge in [-0.05, 0) is 68.5 Å². The molecular weight excluding hydrogens is 440 g/mol. The molecule has 2 heterocycles. The third kappa shape index (κ3) is 3.84. The molecular formula is C25H25ClN4O3. The Morgan fingerprint density at radius 2 is 2.12 bits per heavy atom. The fourth-order valence-corrected chi connectivity index (χ4v) is 5.78. The maximum Gasteiger partial charge on any atom is 0.415 e. The van der Waals surface area contributed by atoms with E-state index in [1.807, 2.05) is 41.8 Å². The fourth-order valence-electron chi connectivity index (χ4n) is 5.44. The summed E-state index contributed by atoms with van der Waals surface area (Å²) in [5.74, 6) is 0. The summed E-state index contributed by atoms with van der Waals surface area (Å²) in [6.07, 6.45) is 4.28. The van der Waals surface area contributed by atoms with Crippen molar-refractivity contribution in [3.8, 4) is 6.07 Å². The molecule has 0 radical (unpaired) electrons. The zero-order valence-electron chi connectivity index (χ0n) is 18.4. The van der Waals surface area contributed by atoms with Gasteiger partial charge in [0.25, 0.3) is 0 Å². The number of halogens is 1. The highest BCUT2D eigenvalue weighted by Gasteiger charge is 2.53. The molecule has 2 aliphatic rings. The zero-order chi connectivity index (χ0) is 23.2. The molecule has 1 aliphatic carbocycles. The van der Waals surface area contributed by atoms with Crippen LogP contribution in [0.5, 0.6) is 0 Å². The molecule has 170 valence electrons. The van der Waals surface area contributed by atoms with Crippen molar-refractivity contribution in [1.82, 2.24) is 9.55 Å². The number of imidazole rings is 1. The lowest BCUT2D eigenvalue weighted by molar-refractivity contribution is -0.0541. The summed E-state index contributed by atoms with van der Waals surface area (Å²) in [6, 6.07) is 13.2. The highest BCUT2D eigenvalue weighted by molar-refractivity contribution is 6.33. The lowest BCUT2D eigenvalue weighted by Crippen LogP contribution is -2.47. The summed E-state index contributed by atoms with van der Waals surface area (Å²) in [6.45, 7) is 2.85. The largest absolute Gasteiger partial charge is 0.441 e. The van der Waals surface area contributed by atoms with Gasteiger partial charge in [-0.25, -0.2) is 9.78 Å². The highest BCUT2D eigenvalue weighted by Crippen LogP contribution is 2.48. The van der Waals surface area contributed by atoms with Crippen molar-refractivity contribution >= 4 is 34.4 Å². The van der Waals surface area contributed by atoms with E-state index < -0.39 is 17.1 Å². The summed E-state index contributed by atoms with van der Waals surface area (Å²) >= 11 is 6.44. The topological polar surface area (TPSA) is 91.4 Å². The van der Waals surface area contributed by atoms with Gasteiger partial charge < -0.3 is 14.4 Å². The number of aromatic nitrogens is 2. The Bertz CT molecular complexity index is 1280. The van der Waals surface area contributed by atoms with Crippen LogP contribution < -0.4 is 4.90 Å². The number of carbonyl (C=O) groups excluding carboxylic acids is 1. The van der Waals surface area contributed by atoms with Crippen molar-refractivity contribution in [3.05, 3.63) is 58.9 Å². The number of fused-ring (bicyclic) bond motifs is 1. The standard InChI is InChI=1S/C25H25ClN4O3/c1-17-3-6-21(19(26)9-17)30-14-25(33-23(30)32)8-2-7-24(12-25,15-31)13-29-16-28-20-5-4-18(11-27)10-22(20)29/h3-6,9-10,16,31H,2,7-8,12-15H2,1H3/t24-,25+/m1/s1. The van der Waals surface area contributed by atoms with E-state index in [1.165, 1.54) is 0 Å². The van der Waals surface area contributed by atoms with Crippen molar-refractivity contribution in [2.45, 2.75) is 44.8 Å². The van der Waals surface area contributed by atoms with E-state index in [9.17, 15) is 15.2 Å². The average molecular weight is 465 g/mol. The number of hydrogen-bond donors (Lipinski definition) is 1. The van der Waals surface area contributed by atoms with Crippen molar-refractivity contribution in [3.63, 3.8) is 0 Å². The molecule has 33 heavy (non-hydrogen) atoms. The first-order valence-corrected chi connectivity index (χ1v) is 11.5. The number of anilines is 1. The smallest absolute Gasteiger partial charge is 0.415 e. The van der Waals surface area contributed by atoms with E-state index in [-0.39, 0.29) is 6.61 Å². The van der Waals surface area contributed by atoms with E-state index in [0.29, 0.717) is 35.8 Å². The van der Waals surface area contributed by atoms with E-state index in [0.717, 1.165) is 35.9 Å². The quantitative estimate of drug-likeness (QED) is 0.597. The number of benzene rings is 2. The van der Waals surface area contributed by atoms with E-state index in [2.05, 4.69) is 11.1 Å². The number of nitriles is 1. The average Bonchev–Trinajstić information content (AvgIpc) is 3.33. The number of aryl methyl sites for hydroxylation is 1. The minimum absolute atomic E-state index is 0.0325. The fraction of sp³-hybridized carbons (Fsp3) is 0.400. The van der Waals surface area contributed by atoms with Gasteiger partial charge in [-0.15, -0.1) is 0 Å². The molecule has 0 bridgehead atoms. The second-order valence-corrected chi connectivity index (χ2v) is 9.88. The molecule has 1 N–H and O–H groups in total. The van der Waals surface area contributed by atoms with Gasteiger partial charge in [0.05, 0.1) is 52.9 Å². The van der Waals surface area contributed by atoms with Crippen LogP contribution in [-0.2, 0) is 11.3 Å². The number of hydrogen-bond acceptors (Lipinski definition) is 5. The third-order valence-electron chi connectivity index (χ3n) is 6.99. The second kappa shape index (κ2) is 8.05. The van der Waals surface area contributed by atoms with Gasteiger partial charge in [-0.1, -0.05) is 17.7 Å². The third-order valence-corrected chi connectivity index (χ3v) is 7.30. The van der Waals surface area contributed by atoms with Crippen LogP contribution >= 0.6 is 11.6 Å². The van der Waals surface area contributed by atoms with Crippen LogP contribution in [0.3, 0.4) is 0 Å². The molecule has 1 amide bonds. The Labute approximate surface area is 197 Å². The molecule has 5 rings (SSSR count). The second-order valence-electron chi connectivity index (χ2n) is 9.47. The SMILES string of the molecule is Cc1ccc(N2C[C@@]3(CCC[C@](CO)(Cn4cnc5ccc(C#N)cc54)C3)OC2=O)c(Cl)c1. The number of carbonyl (C=O) groups is 1. The maximum absolute atomic E-state index is 12.9. The molecule has 1 saturated carbocycles. The lowest BCUT2D eigenvalue weighted by atomic mass is 9.67. The Morgan fingerprint density at radius 3 is 2.88 bits per heavy atom. The number of nitrogens with zero attached hydrogens (tertiary/aromatic N) is 4. The zero-order valence-corrected chi connectivity index (χ0v) is 19.2. The minimum atomic E-state index is -0.680. The van der Waals surface area contributed by atoms with Crippen LogP contribution in [-0.4, -0.2) is 39.5 Å². The van der Waals surface area contributed by atoms with Crippen LogP contribution in [0.25, 0.3) is 11.0 Å². The molecule has 1 aromatic heterocycles. The number of aliphatic hydroxyl groups is 1. The predicted octanol–water partition coefficient (Wildman–Crippen LogP) is 4.82. The number of rotatable bonds is 4. The van der Waals surface area contributed by atoms with Crippen LogP contribution in [0.1, 0.15) is 36.8 Å². The van der Waals surface area contributed by atoms with Gasteiger partial charge in [-0.3, -0.25) is 4.90 Å².